The highest BCUT2D eigenvalue weighted by atomic mass is 16.1. The topological polar surface area (TPSA) is 128 Å². The molecule has 9 nitrogen and oxygen atoms in total. The molecule has 0 bridgehead atoms. The van der Waals surface area contributed by atoms with Crippen LogP contribution in [0.15, 0.2) is 54.1 Å². The first-order valence-corrected chi connectivity index (χ1v) is 10.9. The van der Waals surface area contributed by atoms with Gasteiger partial charge in [-0.3, -0.25) is 15.0 Å². The van der Waals surface area contributed by atoms with Crippen LogP contribution in [0.25, 0.3) is 16.8 Å². The van der Waals surface area contributed by atoms with Gasteiger partial charge in [-0.1, -0.05) is 12.1 Å². The van der Waals surface area contributed by atoms with Gasteiger partial charge in [-0.05, 0) is 43.0 Å². The number of nitrogens with one attached hydrogen (secondary N) is 3. The lowest BCUT2D eigenvalue weighted by Gasteiger charge is -2.34. The Hall–Kier alpha value is -3.72. The highest BCUT2D eigenvalue weighted by Gasteiger charge is 2.23. The first kappa shape index (κ1) is 20.2. The molecule has 0 atom stereocenters. The van der Waals surface area contributed by atoms with E-state index < -0.39 is 0 Å². The summed E-state index contributed by atoms with van der Waals surface area (Å²) >= 11 is 0. The van der Waals surface area contributed by atoms with Crippen LogP contribution in [0.5, 0.6) is 0 Å². The second-order valence-electron chi connectivity index (χ2n) is 8.18. The van der Waals surface area contributed by atoms with E-state index >= 15 is 0 Å². The Kier molecular flexibility index (Phi) is 5.55. The molecule has 0 radical (unpaired) electrons. The highest BCUT2D eigenvalue weighted by molar-refractivity contribution is 6.45. The van der Waals surface area contributed by atoms with E-state index in [0.29, 0.717) is 18.1 Å². The summed E-state index contributed by atoms with van der Waals surface area (Å²) in [5.74, 6) is 0.372. The minimum absolute atomic E-state index is 0.192. The van der Waals surface area contributed by atoms with Crippen molar-refractivity contribution < 1.29 is 4.79 Å². The molecule has 5 rings (SSSR count). The molecule has 2 aliphatic heterocycles. The van der Waals surface area contributed by atoms with Crippen LogP contribution in [-0.2, 0) is 4.79 Å². The standard InChI is InChI=1S/C23H26N8O/c24-10-15-5-7-31(8-6-15)22-4-1-16(17-11-25-26-12-17)9-21(22)30-23(32)20-3-2-19(29-20)18-13-27-28-14-18/h1-2,4,9,11-15H,3,5-8,10,24H2,(H,25,26)(H,27,28)(H,30,32). The number of carbonyl (C=O) groups excluding carboxylic acids is 1. The molecule has 1 aromatic carbocycles. The lowest BCUT2D eigenvalue weighted by Crippen LogP contribution is -2.36. The second-order valence-corrected chi connectivity index (χ2v) is 8.18. The van der Waals surface area contributed by atoms with E-state index in [1.807, 2.05) is 18.3 Å². The Bertz CT molecular complexity index is 1140. The third kappa shape index (κ3) is 4.06. The molecule has 2 aromatic heterocycles. The number of allylic oxidation sites excluding steroid dienone is 1. The molecule has 5 N–H and O–H groups in total. The van der Waals surface area contributed by atoms with Crippen LogP contribution in [0.2, 0.25) is 0 Å². The van der Waals surface area contributed by atoms with E-state index in [1.54, 1.807) is 18.6 Å². The highest BCUT2D eigenvalue weighted by Crippen LogP contribution is 2.34. The number of carbonyl (C=O) groups is 1. The maximum atomic E-state index is 13.1. The zero-order valence-electron chi connectivity index (χ0n) is 17.7. The third-order valence-electron chi connectivity index (χ3n) is 6.17. The third-order valence-corrected chi connectivity index (χ3v) is 6.17. The summed E-state index contributed by atoms with van der Waals surface area (Å²) in [6, 6.07) is 6.15. The van der Waals surface area contributed by atoms with Gasteiger partial charge in [0, 0.05) is 43.0 Å². The molecular weight excluding hydrogens is 404 g/mol. The monoisotopic (exact) mass is 430 g/mol. The fourth-order valence-corrected chi connectivity index (χ4v) is 4.25. The van der Waals surface area contributed by atoms with Crippen molar-refractivity contribution in [2.24, 2.45) is 16.6 Å². The molecule has 0 unspecified atom stereocenters. The molecule has 0 saturated carbocycles. The Balaban J connectivity index is 1.40. The second kappa shape index (κ2) is 8.80. The summed E-state index contributed by atoms with van der Waals surface area (Å²) < 4.78 is 0. The molecule has 164 valence electrons. The minimum Gasteiger partial charge on any atom is -0.370 e. The number of rotatable bonds is 6. The summed E-state index contributed by atoms with van der Waals surface area (Å²) in [5, 5.41) is 16.7. The van der Waals surface area contributed by atoms with Crippen LogP contribution < -0.4 is 16.0 Å². The first-order chi connectivity index (χ1) is 15.7. The van der Waals surface area contributed by atoms with Gasteiger partial charge in [0.1, 0.15) is 5.71 Å². The number of hydrogen-bond acceptors (Lipinski definition) is 6. The van der Waals surface area contributed by atoms with E-state index in [9.17, 15) is 4.79 Å². The van der Waals surface area contributed by atoms with Gasteiger partial charge in [0.05, 0.1) is 29.5 Å². The van der Waals surface area contributed by atoms with Gasteiger partial charge < -0.3 is 16.0 Å². The van der Waals surface area contributed by atoms with Crippen molar-refractivity contribution in [1.82, 2.24) is 20.4 Å². The largest absolute Gasteiger partial charge is 0.370 e. The number of nitrogens with zero attached hydrogens (tertiary/aromatic N) is 4. The average Bonchev–Trinajstić information content (AvgIpc) is 3.61. The van der Waals surface area contributed by atoms with Gasteiger partial charge >= 0.3 is 0 Å². The molecule has 9 heteroatoms. The molecule has 32 heavy (non-hydrogen) atoms. The normalized spacial score (nSPS) is 16.7. The van der Waals surface area contributed by atoms with E-state index in [0.717, 1.165) is 66.2 Å². The van der Waals surface area contributed by atoms with Crippen molar-refractivity contribution in [3.05, 3.63) is 54.6 Å². The maximum Gasteiger partial charge on any atom is 0.270 e. The van der Waals surface area contributed by atoms with Gasteiger partial charge in [0.25, 0.3) is 5.91 Å². The minimum atomic E-state index is -0.192. The van der Waals surface area contributed by atoms with Crippen LogP contribution in [0.3, 0.4) is 0 Å². The zero-order chi connectivity index (χ0) is 21.9. The van der Waals surface area contributed by atoms with Crippen molar-refractivity contribution in [3.63, 3.8) is 0 Å². The van der Waals surface area contributed by atoms with Crippen LogP contribution in [0, 0.1) is 5.92 Å². The lowest BCUT2D eigenvalue weighted by atomic mass is 9.96. The summed E-state index contributed by atoms with van der Waals surface area (Å²) in [6.07, 6.45) is 11.6. The van der Waals surface area contributed by atoms with Crippen LogP contribution in [0.4, 0.5) is 11.4 Å². The fourth-order valence-electron chi connectivity index (χ4n) is 4.25. The number of aromatic nitrogens is 4. The molecule has 1 amide bonds. The maximum absolute atomic E-state index is 13.1. The number of aliphatic imine (C=N–C) groups is 1. The quantitative estimate of drug-likeness (QED) is 0.478. The molecule has 0 spiro atoms. The van der Waals surface area contributed by atoms with Gasteiger partial charge in [-0.25, -0.2) is 4.99 Å². The van der Waals surface area contributed by atoms with Crippen LogP contribution in [0.1, 0.15) is 24.8 Å². The molecular formula is C23H26N8O. The smallest absolute Gasteiger partial charge is 0.270 e. The van der Waals surface area contributed by atoms with Crippen molar-refractivity contribution in [3.8, 4) is 11.1 Å². The average molecular weight is 431 g/mol. The molecule has 3 aromatic rings. The van der Waals surface area contributed by atoms with Gasteiger partial charge in [-0.2, -0.15) is 10.2 Å². The van der Waals surface area contributed by atoms with Crippen molar-refractivity contribution in [2.75, 3.05) is 29.9 Å². The number of H-pyrrole nitrogens is 2. The van der Waals surface area contributed by atoms with Crippen LogP contribution in [-0.4, -0.2) is 51.6 Å². The van der Waals surface area contributed by atoms with E-state index in [-0.39, 0.29) is 5.91 Å². The summed E-state index contributed by atoms with van der Waals surface area (Å²) in [4.78, 5) is 20.0. The van der Waals surface area contributed by atoms with Crippen LogP contribution >= 0.6 is 0 Å². The first-order valence-electron chi connectivity index (χ1n) is 10.9. The van der Waals surface area contributed by atoms with E-state index in [4.69, 9.17) is 5.73 Å². The molecule has 4 heterocycles. The van der Waals surface area contributed by atoms with E-state index in [1.165, 1.54) is 0 Å². The number of aromatic amines is 2. The summed E-state index contributed by atoms with van der Waals surface area (Å²) in [6.45, 7) is 2.56. The lowest BCUT2D eigenvalue weighted by molar-refractivity contribution is -0.110. The zero-order valence-corrected chi connectivity index (χ0v) is 17.7. The Labute approximate surface area is 185 Å². The number of anilines is 2. The molecule has 1 fully saturated rings. The Morgan fingerprint density at radius 2 is 1.84 bits per heavy atom. The van der Waals surface area contributed by atoms with E-state index in [2.05, 4.69) is 47.7 Å². The van der Waals surface area contributed by atoms with Crippen molar-refractivity contribution in [1.29, 1.82) is 0 Å². The van der Waals surface area contributed by atoms with Gasteiger partial charge in [0.15, 0.2) is 0 Å². The number of benzene rings is 1. The molecule has 0 aliphatic carbocycles. The summed E-state index contributed by atoms with van der Waals surface area (Å²) in [7, 11) is 0. The number of amides is 1. The number of hydrogen-bond donors (Lipinski definition) is 4. The van der Waals surface area contributed by atoms with Crippen molar-refractivity contribution >= 4 is 28.7 Å². The van der Waals surface area contributed by atoms with Gasteiger partial charge in [-0.15, -0.1) is 0 Å². The Morgan fingerprint density at radius 1 is 1.09 bits per heavy atom. The molecule has 2 aliphatic rings. The SMILES string of the molecule is NCC1CCN(c2ccc(-c3cn[nH]c3)cc2NC(=O)C2=NC(c3cn[nH]c3)=CC2)CC1. The molecule has 1 saturated heterocycles. The van der Waals surface area contributed by atoms with Gasteiger partial charge in [0.2, 0.25) is 0 Å². The Morgan fingerprint density at radius 3 is 2.53 bits per heavy atom. The van der Waals surface area contributed by atoms with Crippen molar-refractivity contribution in [2.45, 2.75) is 19.3 Å². The predicted molar refractivity (Wildman–Crippen MR) is 125 cm³/mol. The number of nitrogens with two attached hydrogens (primary N) is 1. The number of piperidine rings is 1. The predicted octanol–water partition coefficient (Wildman–Crippen LogP) is 2.80. The summed E-state index contributed by atoms with van der Waals surface area (Å²) in [5.41, 5.74) is 11.7. The fraction of sp³-hybridized carbons (Fsp3) is 0.304.